The molecule has 8 nitrogen and oxygen atoms in total. The third-order valence-corrected chi connectivity index (χ3v) is 4.73. The number of benzene rings is 1. The molecule has 1 aromatic rings. The minimum atomic E-state index is -0.380. The lowest BCUT2D eigenvalue weighted by Crippen LogP contribution is -2.30. The monoisotopic (exact) mass is 463 g/mol. The van der Waals surface area contributed by atoms with Crippen LogP contribution in [0.15, 0.2) is 12.1 Å². The Bertz CT molecular complexity index is 811. The van der Waals surface area contributed by atoms with Crippen molar-refractivity contribution in [3.8, 4) is 17.2 Å². The Balaban J connectivity index is 3.44. The van der Waals surface area contributed by atoms with E-state index in [0.717, 1.165) is 0 Å². The highest BCUT2D eigenvalue weighted by molar-refractivity contribution is 5.96. The van der Waals surface area contributed by atoms with Crippen LogP contribution in [0.3, 0.4) is 0 Å². The number of nitrogens with one attached hydrogen (secondary N) is 1. The lowest BCUT2D eigenvalue weighted by atomic mass is 10.1. The maximum Gasteiger partial charge on any atom is 0.251 e. The van der Waals surface area contributed by atoms with E-state index in [1.54, 1.807) is 41.5 Å². The van der Waals surface area contributed by atoms with Crippen molar-refractivity contribution in [3.63, 3.8) is 0 Å². The van der Waals surface area contributed by atoms with E-state index in [2.05, 4.69) is 5.32 Å². The number of carbonyl (C=O) groups is 4. The standard InChI is InChI=1S/C25H37NO7/c1-14(2)19(27)11-31-22-9-18(25(30)26-17(7)8)10-23(32-12-20(28)15(3)4)24(22)33-13-21(29)16(5)6/h9-10,14-17H,11-13H2,1-8H3,(H,26,30). The Morgan fingerprint density at radius 2 is 1.03 bits per heavy atom. The predicted molar refractivity (Wildman–Crippen MR) is 125 cm³/mol. The summed E-state index contributed by atoms with van der Waals surface area (Å²) in [6, 6.07) is 2.77. The topological polar surface area (TPSA) is 108 Å². The van der Waals surface area contributed by atoms with Gasteiger partial charge in [0.25, 0.3) is 5.91 Å². The Morgan fingerprint density at radius 3 is 1.36 bits per heavy atom. The first-order valence-electron chi connectivity index (χ1n) is 11.3. The van der Waals surface area contributed by atoms with Crippen molar-refractivity contribution >= 4 is 23.3 Å². The van der Waals surface area contributed by atoms with E-state index in [4.69, 9.17) is 14.2 Å². The highest BCUT2D eigenvalue weighted by atomic mass is 16.5. The largest absolute Gasteiger partial charge is 0.482 e. The van der Waals surface area contributed by atoms with Crippen molar-refractivity contribution in [2.75, 3.05) is 19.8 Å². The maximum atomic E-state index is 12.7. The van der Waals surface area contributed by atoms with Crippen LogP contribution < -0.4 is 19.5 Å². The van der Waals surface area contributed by atoms with Gasteiger partial charge in [-0.05, 0) is 26.0 Å². The fraction of sp³-hybridized carbons (Fsp3) is 0.600. The van der Waals surface area contributed by atoms with Gasteiger partial charge in [0.05, 0.1) is 0 Å². The zero-order valence-corrected chi connectivity index (χ0v) is 20.9. The molecule has 0 fully saturated rings. The highest BCUT2D eigenvalue weighted by Gasteiger charge is 2.23. The van der Waals surface area contributed by atoms with Gasteiger partial charge in [-0.3, -0.25) is 19.2 Å². The summed E-state index contributed by atoms with van der Waals surface area (Å²) in [6.45, 7) is 13.4. The predicted octanol–water partition coefficient (Wildman–Crippen LogP) is 3.64. The third-order valence-electron chi connectivity index (χ3n) is 4.73. The first-order valence-corrected chi connectivity index (χ1v) is 11.3. The zero-order valence-electron chi connectivity index (χ0n) is 20.9. The number of ketones is 3. The number of hydrogen-bond acceptors (Lipinski definition) is 7. The molecule has 0 aliphatic rings. The summed E-state index contributed by atoms with van der Waals surface area (Å²) in [7, 11) is 0. The average molecular weight is 464 g/mol. The molecule has 0 saturated carbocycles. The van der Waals surface area contributed by atoms with Crippen LogP contribution in [0, 0.1) is 17.8 Å². The van der Waals surface area contributed by atoms with Crippen molar-refractivity contribution in [2.24, 2.45) is 17.8 Å². The number of carbonyl (C=O) groups excluding carboxylic acids is 4. The molecule has 1 aromatic carbocycles. The summed E-state index contributed by atoms with van der Waals surface area (Å²) < 4.78 is 17.2. The molecule has 0 heterocycles. The highest BCUT2D eigenvalue weighted by Crippen LogP contribution is 2.39. The van der Waals surface area contributed by atoms with Gasteiger partial charge in [-0.25, -0.2) is 0 Å². The number of ether oxygens (including phenoxy) is 3. The van der Waals surface area contributed by atoms with Crippen molar-refractivity contribution in [1.82, 2.24) is 5.32 Å². The van der Waals surface area contributed by atoms with Crippen LogP contribution in [-0.4, -0.2) is 49.1 Å². The molecule has 1 rings (SSSR count). The van der Waals surface area contributed by atoms with Crippen LogP contribution in [0.25, 0.3) is 0 Å². The van der Waals surface area contributed by atoms with E-state index in [0.29, 0.717) is 0 Å². The summed E-state index contributed by atoms with van der Waals surface area (Å²) in [5, 5.41) is 2.79. The van der Waals surface area contributed by atoms with Crippen LogP contribution >= 0.6 is 0 Å². The van der Waals surface area contributed by atoms with Crippen LogP contribution in [0.1, 0.15) is 65.7 Å². The van der Waals surface area contributed by atoms with Gasteiger partial charge in [0.1, 0.15) is 19.8 Å². The van der Waals surface area contributed by atoms with E-state index >= 15 is 0 Å². The second-order valence-electron chi connectivity index (χ2n) is 9.16. The van der Waals surface area contributed by atoms with Gasteiger partial charge in [-0.1, -0.05) is 41.5 Å². The van der Waals surface area contributed by atoms with Gasteiger partial charge >= 0.3 is 0 Å². The smallest absolute Gasteiger partial charge is 0.251 e. The Hall–Kier alpha value is -2.90. The van der Waals surface area contributed by atoms with E-state index in [1.165, 1.54) is 12.1 Å². The van der Waals surface area contributed by atoms with Gasteiger partial charge in [0, 0.05) is 29.4 Å². The fourth-order valence-corrected chi connectivity index (χ4v) is 2.35. The molecule has 0 atom stereocenters. The van der Waals surface area contributed by atoms with Crippen molar-refractivity contribution < 1.29 is 33.4 Å². The quantitative estimate of drug-likeness (QED) is 0.449. The molecule has 0 saturated heterocycles. The summed E-state index contributed by atoms with van der Waals surface area (Å²) in [6.07, 6.45) is 0. The lowest BCUT2D eigenvalue weighted by molar-refractivity contribution is -0.125. The summed E-state index contributed by atoms with van der Waals surface area (Å²) in [5.41, 5.74) is 0.213. The Labute approximate surface area is 196 Å². The van der Waals surface area contributed by atoms with Gasteiger partial charge in [0.2, 0.25) is 5.75 Å². The molecule has 1 amide bonds. The maximum absolute atomic E-state index is 12.7. The molecule has 0 aromatic heterocycles. The van der Waals surface area contributed by atoms with E-state index in [9.17, 15) is 19.2 Å². The SMILES string of the molecule is CC(C)NC(=O)c1cc(OCC(=O)C(C)C)c(OCC(=O)C(C)C)c(OCC(=O)C(C)C)c1. The zero-order chi connectivity index (χ0) is 25.3. The summed E-state index contributed by atoms with van der Waals surface area (Å²) in [5.74, 6) is -1.32. The van der Waals surface area contributed by atoms with Gasteiger partial charge in [0.15, 0.2) is 28.8 Å². The normalized spacial score (nSPS) is 11.2. The molecule has 184 valence electrons. The molecule has 33 heavy (non-hydrogen) atoms. The van der Waals surface area contributed by atoms with Crippen molar-refractivity contribution in [3.05, 3.63) is 17.7 Å². The van der Waals surface area contributed by atoms with E-state index in [-0.39, 0.29) is 89.7 Å². The Kier molecular flexibility index (Phi) is 11.1. The first kappa shape index (κ1) is 28.1. The molecule has 8 heteroatoms. The van der Waals surface area contributed by atoms with Crippen molar-refractivity contribution in [1.29, 1.82) is 0 Å². The minimum Gasteiger partial charge on any atom is -0.482 e. The van der Waals surface area contributed by atoms with E-state index in [1.807, 2.05) is 13.8 Å². The molecule has 0 aliphatic carbocycles. The summed E-state index contributed by atoms with van der Waals surface area (Å²) in [4.78, 5) is 49.1. The second-order valence-corrected chi connectivity index (χ2v) is 9.16. The first-order chi connectivity index (χ1) is 15.3. The molecular formula is C25H37NO7. The minimum absolute atomic E-state index is 0.0678. The number of rotatable bonds is 14. The molecule has 0 spiro atoms. The molecule has 0 radical (unpaired) electrons. The third kappa shape index (κ3) is 9.24. The van der Waals surface area contributed by atoms with Crippen molar-refractivity contribution in [2.45, 2.75) is 61.4 Å². The van der Waals surface area contributed by atoms with Crippen LogP contribution in [-0.2, 0) is 14.4 Å². The van der Waals surface area contributed by atoms with Crippen LogP contribution in [0.5, 0.6) is 17.2 Å². The number of Topliss-reactive ketones (excluding diaryl/α,β-unsaturated/α-hetero) is 3. The van der Waals surface area contributed by atoms with Gasteiger partial charge < -0.3 is 19.5 Å². The molecule has 0 bridgehead atoms. The molecule has 1 N–H and O–H groups in total. The lowest BCUT2D eigenvalue weighted by Gasteiger charge is -2.19. The Morgan fingerprint density at radius 1 is 0.667 bits per heavy atom. The van der Waals surface area contributed by atoms with Crippen LogP contribution in [0.4, 0.5) is 0 Å². The number of hydrogen-bond donors (Lipinski definition) is 1. The summed E-state index contributed by atoms with van der Waals surface area (Å²) >= 11 is 0. The van der Waals surface area contributed by atoms with E-state index < -0.39 is 0 Å². The molecule has 0 unspecified atom stereocenters. The van der Waals surface area contributed by atoms with Gasteiger partial charge in [-0.2, -0.15) is 0 Å². The second kappa shape index (κ2) is 13.0. The average Bonchev–Trinajstić information content (AvgIpc) is 2.73. The number of amides is 1. The fourth-order valence-electron chi connectivity index (χ4n) is 2.35. The molecule has 0 aliphatic heterocycles. The van der Waals surface area contributed by atoms with Gasteiger partial charge in [-0.15, -0.1) is 0 Å². The van der Waals surface area contributed by atoms with Crippen LogP contribution in [0.2, 0.25) is 0 Å². The molecular weight excluding hydrogens is 426 g/mol.